The van der Waals surface area contributed by atoms with E-state index in [0.29, 0.717) is 42.8 Å². The van der Waals surface area contributed by atoms with Crippen LogP contribution in [0.15, 0.2) is 72.8 Å². The zero-order valence-electron chi connectivity index (χ0n) is 51.9. The number of methoxy groups -OCH3 is 1. The first kappa shape index (κ1) is 74.7. The van der Waals surface area contributed by atoms with Crippen molar-refractivity contribution in [1.29, 1.82) is 0 Å². The number of benzene rings is 3. The predicted molar refractivity (Wildman–Crippen MR) is 338 cm³/mol. The molecule has 0 radical (unpaired) electrons. The molecule has 0 amide bonds. The standard InChI is InChI=1S/C31H35ClN2OS.C14H32N2O2.C12H24O.C4H11NO2.C4H10/c1-4-6-29(33-26-15-17-34(36)18-16-26)28-19-24(20-30(35)27(28)5-2)31(22-9-7-21(3)8-10-22)23-11-13-25(32)14-12-23;1-6-7-10-17-11-8-9-15-12-16(5)13-18-14(2,3)4;1-11(2)7-5-8-12(3,4)9-6-10-13;1-5-7-4-3-6-2;1-3-4-2/h4-14,19-20,26,31,33,35-36H,15-18H2,1-3H3;15H,6-13H2,1-5H3;10-11H,5-9H2,1-4H3;5H,3-4H2,1-2H3;3-4H2,1-2H3/b6-4-,27-5-,29-28+;;;;. The summed E-state index contributed by atoms with van der Waals surface area (Å²) in [6.07, 6.45) is 20.9. The first-order valence-electron chi connectivity index (χ1n) is 29.2. The summed E-state index contributed by atoms with van der Waals surface area (Å²) >= 11 is 10.7. The molecule has 0 aliphatic carbocycles. The average Bonchev–Trinajstić information content (AvgIpc) is 3.40. The van der Waals surface area contributed by atoms with Crippen LogP contribution >= 0.6 is 24.4 Å². The summed E-state index contributed by atoms with van der Waals surface area (Å²) in [5, 5.41) is 20.9. The minimum absolute atomic E-state index is 0.0438. The molecular weight excluding hydrogens is 1010 g/mol. The average molecular weight is 1130 g/mol. The number of piperidine rings is 1. The van der Waals surface area contributed by atoms with Crippen molar-refractivity contribution in [2.45, 2.75) is 185 Å². The summed E-state index contributed by atoms with van der Waals surface area (Å²) < 4.78 is 17.9. The Bertz CT molecular complexity index is 2040. The van der Waals surface area contributed by atoms with Gasteiger partial charge in [0.2, 0.25) is 0 Å². The molecule has 11 nitrogen and oxygen atoms in total. The fourth-order valence-electron chi connectivity index (χ4n) is 8.01. The highest BCUT2D eigenvalue weighted by Gasteiger charge is 2.21. The Labute approximate surface area is 487 Å². The van der Waals surface area contributed by atoms with Crippen molar-refractivity contribution < 1.29 is 28.9 Å². The lowest BCUT2D eigenvalue weighted by Crippen LogP contribution is -2.41. The van der Waals surface area contributed by atoms with E-state index in [9.17, 15) is 9.90 Å². The van der Waals surface area contributed by atoms with Crippen molar-refractivity contribution >= 4 is 42.5 Å². The fraction of sp³-hybridized carbons (Fsp3) is 0.646. The van der Waals surface area contributed by atoms with E-state index in [1.54, 1.807) is 14.2 Å². The molecule has 3 aromatic rings. The number of hydrogen-bond donors (Lipinski definition) is 5. The maximum atomic E-state index is 11.2. The molecule has 1 atom stereocenters. The van der Waals surface area contributed by atoms with Crippen LogP contribution in [0.1, 0.15) is 188 Å². The smallest absolute Gasteiger partial charge is 0.123 e. The van der Waals surface area contributed by atoms with Crippen LogP contribution in [-0.4, -0.2) is 113 Å². The van der Waals surface area contributed by atoms with Crippen LogP contribution in [0.5, 0.6) is 5.75 Å². The quantitative estimate of drug-likeness (QED) is 0.0114. The number of ether oxygens (including phenoxy) is 3. The molecule has 0 saturated carbocycles. The summed E-state index contributed by atoms with van der Waals surface area (Å²) in [4.78, 5) is 17.1. The van der Waals surface area contributed by atoms with Crippen LogP contribution in [0.3, 0.4) is 0 Å². The van der Waals surface area contributed by atoms with Gasteiger partial charge in [0.1, 0.15) is 18.8 Å². The molecule has 4 N–H and O–H groups in total. The number of hydroxylamine groups is 1. The second-order valence-corrected chi connectivity index (χ2v) is 23.4. The van der Waals surface area contributed by atoms with Crippen LogP contribution in [-0.2, 0) is 23.8 Å². The van der Waals surface area contributed by atoms with Crippen LogP contribution < -0.4 is 26.6 Å². The second kappa shape index (κ2) is 45.4. The molecule has 1 aliphatic heterocycles. The Morgan fingerprint density at radius 3 is 2.01 bits per heavy atom. The lowest BCUT2D eigenvalue weighted by molar-refractivity contribution is -0.108. The lowest BCUT2D eigenvalue weighted by atomic mass is 9.82. The van der Waals surface area contributed by atoms with Crippen molar-refractivity contribution in [3.8, 4) is 5.75 Å². The molecule has 1 heterocycles. The van der Waals surface area contributed by atoms with Gasteiger partial charge in [-0.1, -0.05) is 159 Å². The number of thiol groups is 1. The number of nitrogens with one attached hydrogen (secondary N) is 3. The van der Waals surface area contributed by atoms with Crippen LogP contribution in [0.25, 0.3) is 11.8 Å². The molecule has 1 fully saturated rings. The Morgan fingerprint density at radius 2 is 1.49 bits per heavy atom. The molecule has 0 bridgehead atoms. The molecule has 13 heteroatoms. The number of carbonyl (C=O) groups excluding carboxylic acids is 1. The van der Waals surface area contributed by atoms with Gasteiger partial charge in [-0.3, -0.25) is 14.0 Å². The van der Waals surface area contributed by atoms with Gasteiger partial charge < -0.3 is 34.7 Å². The highest BCUT2D eigenvalue weighted by molar-refractivity contribution is 7.77. The third-order valence-corrected chi connectivity index (χ3v) is 13.5. The number of aromatic hydroxyl groups is 1. The lowest BCUT2D eigenvalue weighted by Gasteiger charge is -2.29. The Morgan fingerprint density at radius 1 is 0.872 bits per heavy atom. The van der Waals surface area contributed by atoms with Gasteiger partial charge in [-0.05, 0) is 152 Å². The van der Waals surface area contributed by atoms with Gasteiger partial charge in [-0.25, -0.2) is 5.48 Å². The molecular formula is C65H112ClN5O6S. The van der Waals surface area contributed by atoms with E-state index in [2.05, 4.69) is 181 Å². The van der Waals surface area contributed by atoms with Gasteiger partial charge in [-0.15, -0.1) is 0 Å². The van der Waals surface area contributed by atoms with Crippen molar-refractivity contribution in [3.63, 3.8) is 0 Å². The summed E-state index contributed by atoms with van der Waals surface area (Å²) in [5.74, 6) is 1.05. The maximum Gasteiger partial charge on any atom is 0.123 e. The fourth-order valence-corrected chi connectivity index (χ4v) is 8.37. The molecule has 1 aliphatic rings. The number of phenolic OH excluding ortho intramolecular Hbond substituents is 1. The van der Waals surface area contributed by atoms with E-state index in [4.69, 9.17) is 25.9 Å². The number of unbranched alkanes of at least 4 members (excludes halogenated alkanes) is 2. The number of phenols is 1. The summed E-state index contributed by atoms with van der Waals surface area (Å²) in [7, 11) is 5.41. The Hall–Kier alpha value is -3.27. The van der Waals surface area contributed by atoms with Crippen LogP contribution in [0, 0.1) is 18.3 Å². The maximum absolute atomic E-state index is 11.2. The number of allylic oxidation sites excluding steroid dienone is 1. The number of aldehydes is 1. The number of aryl methyl sites for hydroxylation is 1. The Balaban J connectivity index is 0.00000117. The third kappa shape index (κ3) is 36.9. The van der Waals surface area contributed by atoms with E-state index >= 15 is 0 Å². The molecule has 1 saturated heterocycles. The molecule has 1 unspecified atom stereocenters. The van der Waals surface area contributed by atoms with Crippen molar-refractivity contribution in [2.24, 2.45) is 11.3 Å². The zero-order chi connectivity index (χ0) is 58.8. The predicted octanol–water partition coefficient (Wildman–Crippen LogP) is 13.8. The molecule has 0 spiro atoms. The highest BCUT2D eigenvalue weighted by atomic mass is 35.5. The van der Waals surface area contributed by atoms with Gasteiger partial charge in [0.15, 0.2) is 0 Å². The molecule has 3 aromatic carbocycles. The third-order valence-electron chi connectivity index (χ3n) is 12.9. The summed E-state index contributed by atoms with van der Waals surface area (Å²) in [5.41, 5.74) is 8.39. The molecule has 78 heavy (non-hydrogen) atoms. The van der Waals surface area contributed by atoms with E-state index < -0.39 is 0 Å². The van der Waals surface area contributed by atoms with Crippen LogP contribution in [0.2, 0.25) is 5.02 Å². The number of nitrogens with zero attached hydrogens (tertiary/aromatic N) is 2. The zero-order valence-corrected chi connectivity index (χ0v) is 53.5. The van der Waals surface area contributed by atoms with Gasteiger partial charge in [0.25, 0.3) is 0 Å². The number of carbonyl (C=O) groups is 1. The number of hydrogen-bond acceptors (Lipinski definition) is 12. The normalized spacial score (nSPS) is 14.1. The van der Waals surface area contributed by atoms with Crippen molar-refractivity contribution in [3.05, 3.63) is 111 Å². The van der Waals surface area contributed by atoms with Gasteiger partial charge in [-0.2, -0.15) is 0 Å². The number of halogens is 1. The van der Waals surface area contributed by atoms with Gasteiger partial charge in [0.05, 0.1) is 18.8 Å². The first-order chi connectivity index (χ1) is 37.1. The van der Waals surface area contributed by atoms with E-state index in [1.165, 1.54) is 56.1 Å². The van der Waals surface area contributed by atoms with E-state index in [-0.39, 0.29) is 17.3 Å². The summed E-state index contributed by atoms with van der Waals surface area (Å²) in [6, 6.07) is 21.1. The van der Waals surface area contributed by atoms with Crippen molar-refractivity contribution in [2.75, 3.05) is 80.7 Å². The largest absolute Gasteiger partial charge is 0.507 e. The van der Waals surface area contributed by atoms with E-state index in [0.717, 1.165) is 105 Å². The Kier molecular flexibility index (Phi) is 43.5. The molecule has 446 valence electrons. The van der Waals surface area contributed by atoms with Gasteiger partial charge in [0, 0.05) is 86.7 Å². The molecule has 0 aromatic heterocycles. The SMILES string of the molecule is CC(C)CCCC(C)(C)CCC=O.CCCC.CCCCOCCCNCN(C)COC(C)(C)C.CNOCCOC.C\C=C/C(NC1CCN(S)CC1)=c1/cc(C(c2ccc(C)cc2)c2ccc(Cl)cc2)cc(O)/c1=C\C. The second-order valence-electron chi connectivity index (χ2n) is 22.4. The first-order valence-corrected chi connectivity index (χ1v) is 29.9. The minimum Gasteiger partial charge on any atom is -0.507 e. The van der Waals surface area contributed by atoms with E-state index in [1.807, 2.05) is 38.1 Å². The minimum atomic E-state index is -0.0681. The monoisotopic (exact) mass is 1130 g/mol. The topological polar surface area (TPSA) is 117 Å². The molecule has 4 rings (SSSR count). The van der Waals surface area contributed by atoms with Crippen LogP contribution in [0.4, 0.5) is 0 Å². The number of rotatable bonds is 29. The summed E-state index contributed by atoms with van der Waals surface area (Å²) in [6.45, 7) is 35.3. The highest BCUT2D eigenvalue weighted by Crippen LogP contribution is 2.33. The van der Waals surface area contributed by atoms with Crippen molar-refractivity contribution in [1.82, 2.24) is 25.3 Å². The van der Waals surface area contributed by atoms with Gasteiger partial charge >= 0.3 is 0 Å².